The van der Waals surface area contributed by atoms with Crippen molar-refractivity contribution in [1.29, 1.82) is 0 Å². The second kappa shape index (κ2) is 8.72. The van der Waals surface area contributed by atoms with Gasteiger partial charge >= 0.3 is 0 Å². The molecule has 2 aromatic rings. The number of halogens is 1. The third kappa shape index (κ3) is 4.90. The zero-order valence-electron chi connectivity index (χ0n) is 14.9. The van der Waals surface area contributed by atoms with E-state index in [4.69, 9.17) is 4.74 Å². The number of carbonyl (C=O) groups excluding carboxylic acids is 1. The summed E-state index contributed by atoms with van der Waals surface area (Å²) in [6.07, 6.45) is 6.66. The van der Waals surface area contributed by atoms with Crippen molar-refractivity contribution in [2.24, 2.45) is 0 Å². The Hall–Kier alpha value is -1.42. The quantitative estimate of drug-likeness (QED) is 0.647. The number of hydrogen-bond acceptors (Lipinski definition) is 5. The molecule has 1 aliphatic rings. The van der Waals surface area contributed by atoms with E-state index >= 15 is 0 Å². The molecule has 1 aromatic carbocycles. The monoisotopic (exact) mass is 472 g/mol. The summed E-state index contributed by atoms with van der Waals surface area (Å²) in [5.74, 6) is 0.0805. The van der Waals surface area contributed by atoms with E-state index in [0.717, 1.165) is 25.7 Å². The first kappa shape index (κ1) is 20.3. The molecule has 1 heterocycles. The van der Waals surface area contributed by atoms with Crippen LogP contribution < -0.4 is 15.0 Å². The van der Waals surface area contributed by atoms with Crippen LogP contribution in [-0.4, -0.2) is 21.4 Å². The van der Waals surface area contributed by atoms with Gasteiger partial charge in [0.15, 0.2) is 0 Å². The molecule has 0 saturated carbocycles. The number of rotatable bonds is 5. The summed E-state index contributed by atoms with van der Waals surface area (Å²) < 4.78 is 30.4. The van der Waals surface area contributed by atoms with Gasteiger partial charge in [0, 0.05) is 4.88 Å². The summed E-state index contributed by atoms with van der Waals surface area (Å²) in [5, 5.41) is 0. The Kier molecular flexibility index (Phi) is 6.56. The number of amides is 1. The lowest BCUT2D eigenvalue weighted by molar-refractivity contribution is 0.0949. The van der Waals surface area contributed by atoms with E-state index < -0.39 is 15.9 Å². The van der Waals surface area contributed by atoms with E-state index in [1.54, 1.807) is 6.07 Å². The van der Waals surface area contributed by atoms with Crippen molar-refractivity contribution in [3.05, 3.63) is 44.1 Å². The van der Waals surface area contributed by atoms with Gasteiger partial charge < -0.3 is 4.74 Å². The number of carbonyl (C=O) groups is 1. The van der Waals surface area contributed by atoms with E-state index in [-0.39, 0.29) is 4.90 Å². The highest BCUT2D eigenvalue weighted by molar-refractivity contribution is 9.10. The van der Waals surface area contributed by atoms with Crippen LogP contribution in [0.25, 0.3) is 0 Å². The number of hydrazine groups is 1. The molecule has 0 fully saturated rings. The summed E-state index contributed by atoms with van der Waals surface area (Å²) >= 11 is 4.71. The second-order valence-electron chi connectivity index (χ2n) is 6.33. The molecule has 1 aliphatic carbocycles. The molecule has 1 aromatic heterocycles. The molecular weight excluding hydrogens is 452 g/mol. The first-order chi connectivity index (χ1) is 12.9. The molecule has 6 nitrogen and oxygen atoms in total. The predicted octanol–water partition coefficient (Wildman–Crippen LogP) is 3.80. The number of aryl methyl sites for hydroxylation is 2. The molecule has 27 heavy (non-hydrogen) atoms. The predicted molar refractivity (Wildman–Crippen MR) is 109 cm³/mol. The first-order valence-corrected chi connectivity index (χ1v) is 11.8. The molecule has 9 heteroatoms. The van der Waals surface area contributed by atoms with Gasteiger partial charge in [-0.3, -0.25) is 10.2 Å². The maximum absolute atomic E-state index is 12.4. The van der Waals surface area contributed by atoms with Crippen molar-refractivity contribution in [2.75, 3.05) is 7.11 Å². The van der Waals surface area contributed by atoms with E-state index in [0.29, 0.717) is 15.1 Å². The van der Waals surface area contributed by atoms with Gasteiger partial charge in [-0.25, -0.2) is 8.42 Å². The fraction of sp³-hybridized carbons (Fsp3) is 0.389. The van der Waals surface area contributed by atoms with Crippen molar-refractivity contribution < 1.29 is 17.9 Å². The van der Waals surface area contributed by atoms with Crippen LogP contribution in [0.5, 0.6) is 5.75 Å². The van der Waals surface area contributed by atoms with Gasteiger partial charge in [0.25, 0.3) is 15.9 Å². The lowest BCUT2D eigenvalue weighted by Crippen LogP contribution is -2.41. The van der Waals surface area contributed by atoms with Crippen LogP contribution >= 0.6 is 27.3 Å². The highest BCUT2D eigenvalue weighted by Crippen LogP contribution is 2.29. The standard InChI is InChI=1S/C18H21BrN2O4S2/c1-25-15-9-8-13(11-14(15)19)27(23,24)21-20-18(22)17-10-12-6-4-2-3-5-7-16(12)26-17/h8-11,21H,2-7H2,1H3,(H,20,22). The Morgan fingerprint density at radius 2 is 1.89 bits per heavy atom. The van der Waals surface area contributed by atoms with Gasteiger partial charge in [-0.05, 0) is 71.4 Å². The molecule has 0 bridgehead atoms. The zero-order chi connectivity index (χ0) is 19.4. The highest BCUT2D eigenvalue weighted by Gasteiger charge is 2.20. The Morgan fingerprint density at radius 3 is 2.59 bits per heavy atom. The SMILES string of the molecule is COc1ccc(S(=O)(=O)NNC(=O)c2cc3c(s2)CCCCCC3)cc1Br. The average Bonchev–Trinajstić information content (AvgIpc) is 3.01. The lowest BCUT2D eigenvalue weighted by atomic mass is 10.00. The van der Waals surface area contributed by atoms with Crippen LogP contribution in [-0.2, 0) is 22.9 Å². The van der Waals surface area contributed by atoms with Crippen molar-refractivity contribution in [1.82, 2.24) is 10.3 Å². The van der Waals surface area contributed by atoms with Crippen LogP contribution in [0.15, 0.2) is 33.6 Å². The van der Waals surface area contributed by atoms with Crippen molar-refractivity contribution >= 4 is 43.2 Å². The Labute approximate surface area is 171 Å². The fourth-order valence-corrected chi connectivity index (χ4v) is 5.71. The number of ether oxygens (including phenoxy) is 1. The Morgan fingerprint density at radius 1 is 1.15 bits per heavy atom. The molecule has 0 saturated heterocycles. The molecule has 0 spiro atoms. The van der Waals surface area contributed by atoms with Crippen LogP contribution in [0.1, 0.15) is 45.8 Å². The van der Waals surface area contributed by atoms with Gasteiger partial charge in [-0.1, -0.05) is 12.8 Å². The van der Waals surface area contributed by atoms with Crippen molar-refractivity contribution in [3.8, 4) is 5.75 Å². The minimum absolute atomic E-state index is 0.0222. The van der Waals surface area contributed by atoms with Crippen LogP contribution in [0.3, 0.4) is 0 Å². The molecule has 2 N–H and O–H groups in total. The minimum atomic E-state index is -3.89. The molecule has 0 unspecified atom stereocenters. The summed E-state index contributed by atoms with van der Waals surface area (Å²) in [7, 11) is -2.39. The largest absolute Gasteiger partial charge is 0.496 e. The first-order valence-electron chi connectivity index (χ1n) is 8.68. The number of fused-ring (bicyclic) bond motifs is 1. The van der Waals surface area contributed by atoms with Gasteiger partial charge in [0.2, 0.25) is 0 Å². The topological polar surface area (TPSA) is 84.5 Å². The number of thiophene rings is 1. The van der Waals surface area contributed by atoms with E-state index in [1.165, 1.54) is 53.9 Å². The maximum Gasteiger partial charge on any atom is 0.276 e. The zero-order valence-corrected chi connectivity index (χ0v) is 18.1. The molecule has 146 valence electrons. The smallest absolute Gasteiger partial charge is 0.276 e. The third-order valence-corrected chi connectivity index (χ3v) is 7.55. The van der Waals surface area contributed by atoms with Crippen LogP contribution in [0.2, 0.25) is 0 Å². The molecule has 3 rings (SSSR count). The number of sulfonamides is 1. The molecular formula is C18H21BrN2O4S2. The number of methoxy groups -OCH3 is 1. The molecule has 0 atom stereocenters. The van der Waals surface area contributed by atoms with Crippen molar-refractivity contribution in [2.45, 2.75) is 43.4 Å². The summed E-state index contributed by atoms with van der Waals surface area (Å²) in [6, 6.07) is 6.26. The van der Waals surface area contributed by atoms with Crippen LogP contribution in [0, 0.1) is 0 Å². The minimum Gasteiger partial charge on any atom is -0.496 e. The van der Waals surface area contributed by atoms with E-state index in [1.807, 2.05) is 6.07 Å². The van der Waals surface area contributed by atoms with Gasteiger partial charge in [0.1, 0.15) is 5.75 Å². The van der Waals surface area contributed by atoms with E-state index in [9.17, 15) is 13.2 Å². The molecule has 1 amide bonds. The van der Waals surface area contributed by atoms with Gasteiger partial charge in [-0.15, -0.1) is 16.2 Å². The van der Waals surface area contributed by atoms with Crippen molar-refractivity contribution in [3.63, 3.8) is 0 Å². The third-order valence-electron chi connectivity index (χ3n) is 4.45. The van der Waals surface area contributed by atoms with Gasteiger partial charge in [0.05, 0.1) is 21.4 Å². The normalized spacial score (nSPS) is 14.7. The second-order valence-corrected chi connectivity index (χ2v) is 10.0. The summed E-state index contributed by atoms with van der Waals surface area (Å²) in [4.78, 5) is 16.4. The maximum atomic E-state index is 12.4. The summed E-state index contributed by atoms with van der Waals surface area (Å²) in [6.45, 7) is 0. The lowest BCUT2D eigenvalue weighted by Gasteiger charge is -2.09. The highest BCUT2D eigenvalue weighted by atomic mass is 79.9. The van der Waals surface area contributed by atoms with Gasteiger partial charge in [-0.2, -0.15) is 0 Å². The average molecular weight is 473 g/mol. The number of nitrogens with one attached hydrogen (secondary N) is 2. The molecule has 0 aliphatic heterocycles. The molecule has 0 radical (unpaired) electrons. The number of hydrogen-bond donors (Lipinski definition) is 2. The summed E-state index contributed by atoms with van der Waals surface area (Å²) in [5.41, 5.74) is 3.53. The fourth-order valence-electron chi connectivity index (χ4n) is 3.00. The number of benzene rings is 1. The Balaban J connectivity index is 1.69. The van der Waals surface area contributed by atoms with Crippen LogP contribution in [0.4, 0.5) is 0 Å². The Bertz CT molecular complexity index is 915. The van der Waals surface area contributed by atoms with E-state index in [2.05, 4.69) is 26.2 Å².